The zero-order valence-electron chi connectivity index (χ0n) is 12.3. The Morgan fingerprint density at radius 2 is 2.04 bits per heavy atom. The fourth-order valence-electron chi connectivity index (χ4n) is 3.20. The van der Waals surface area contributed by atoms with Crippen molar-refractivity contribution in [2.45, 2.75) is 31.2 Å². The Labute approximate surface area is 135 Å². The van der Waals surface area contributed by atoms with Gasteiger partial charge >= 0.3 is 0 Å². The molecule has 4 rings (SSSR count). The van der Waals surface area contributed by atoms with E-state index in [0.717, 1.165) is 24.8 Å². The van der Waals surface area contributed by atoms with Gasteiger partial charge < -0.3 is 5.32 Å². The molecule has 7 heteroatoms. The van der Waals surface area contributed by atoms with E-state index in [-0.39, 0.29) is 17.4 Å². The molecule has 2 atom stereocenters. The Kier molecular flexibility index (Phi) is 3.57. The third-order valence-corrected chi connectivity index (χ3v) is 5.15. The molecule has 1 fully saturated rings. The molecule has 2 heterocycles. The highest BCUT2D eigenvalue weighted by molar-refractivity contribution is 7.20. The number of nitrogens with zero attached hydrogens (tertiary/aromatic N) is 3. The number of nitrogens with one attached hydrogen (secondary N) is 1. The number of hydrogen-bond acceptors (Lipinski definition) is 5. The Morgan fingerprint density at radius 3 is 2.83 bits per heavy atom. The minimum absolute atomic E-state index is 0.180. The molecule has 1 N–H and O–H groups in total. The van der Waals surface area contributed by atoms with Crippen LogP contribution >= 0.6 is 11.3 Å². The van der Waals surface area contributed by atoms with E-state index >= 15 is 0 Å². The van der Waals surface area contributed by atoms with E-state index < -0.39 is 0 Å². The Morgan fingerprint density at radius 1 is 1.22 bits per heavy atom. The minimum Gasteiger partial charge on any atom is -0.357 e. The largest absolute Gasteiger partial charge is 0.357 e. The van der Waals surface area contributed by atoms with Crippen LogP contribution in [0.3, 0.4) is 0 Å². The van der Waals surface area contributed by atoms with Crippen LogP contribution in [0.2, 0.25) is 0 Å². The zero-order valence-corrected chi connectivity index (χ0v) is 13.1. The molecule has 1 saturated carbocycles. The molecule has 118 valence electrons. The van der Waals surface area contributed by atoms with Crippen molar-refractivity contribution in [2.24, 2.45) is 0 Å². The monoisotopic (exact) mass is 330 g/mol. The van der Waals surface area contributed by atoms with Crippen molar-refractivity contribution in [3.05, 3.63) is 58.3 Å². The zero-order chi connectivity index (χ0) is 15.8. The average Bonchev–Trinajstić information content (AvgIpc) is 3.16. The van der Waals surface area contributed by atoms with E-state index in [0.29, 0.717) is 16.0 Å². The smallest absolute Gasteiger partial charge is 0.275 e. The molecule has 1 aliphatic rings. The molecule has 0 bridgehead atoms. The first-order valence-electron chi connectivity index (χ1n) is 7.57. The molecule has 0 spiro atoms. The summed E-state index contributed by atoms with van der Waals surface area (Å²) in [5.74, 6) is 0.111. The summed E-state index contributed by atoms with van der Waals surface area (Å²) in [6, 6.07) is 8.34. The molecule has 0 saturated heterocycles. The van der Waals surface area contributed by atoms with Crippen LogP contribution in [0.15, 0.2) is 41.3 Å². The van der Waals surface area contributed by atoms with Gasteiger partial charge in [-0.25, -0.2) is 9.37 Å². The number of hydrogen-bond donors (Lipinski definition) is 1. The van der Waals surface area contributed by atoms with E-state index in [1.165, 1.54) is 40.2 Å². The molecule has 1 aliphatic carbocycles. The fraction of sp³-hybridized carbons (Fsp3) is 0.312. The highest BCUT2D eigenvalue weighted by Crippen LogP contribution is 2.37. The van der Waals surface area contributed by atoms with Gasteiger partial charge in [0.05, 0.1) is 0 Å². The lowest BCUT2D eigenvalue weighted by molar-refractivity contribution is 0.618. The van der Waals surface area contributed by atoms with Crippen LogP contribution in [0.5, 0.6) is 0 Å². The maximum Gasteiger partial charge on any atom is 0.275 e. The van der Waals surface area contributed by atoms with Gasteiger partial charge in [0, 0.05) is 24.2 Å². The molecule has 2 aromatic heterocycles. The summed E-state index contributed by atoms with van der Waals surface area (Å²) in [5, 5.41) is 8.44. The molecule has 0 radical (unpaired) electrons. The molecule has 1 aromatic carbocycles. The van der Waals surface area contributed by atoms with E-state index in [1.807, 2.05) is 12.1 Å². The summed E-state index contributed by atoms with van der Waals surface area (Å²) < 4.78 is 14.4. The molecule has 0 aliphatic heterocycles. The fourth-order valence-corrected chi connectivity index (χ4v) is 4.04. The second kappa shape index (κ2) is 5.73. The van der Waals surface area contributed by atoms with Crippen molar-refractivity contribution in [1.29, 1.82) is 0 Å². The van der Waals surface area contributed by atoms with Crippen LogP contribution in [-0.2, 0) is 0 Å². The van der Waals surface area contributed by atoms with Crippen LogP contribution in [-0.4, -0.2) is 20.6 Å². The summed E-state index contributed by atoms with van der Waals surface area (Å²) >= 11 is 1.37. The lowest BCUT2D eigenvalue weighted by Crippen LogP contribution is -2.23. The lowest BCUT2D eigenvalue weighted by atomic mass is 9.94. The van der Waals surface area contributed by atoms with Crippen LogP contribution in [0.4, 0.5) is 9.52 Å². The van der Waals surface area contributed by atoms with Gasteiger partial charge in [-0.3, -0.25) is 4.79 Å². The number of rotatable bonds is 3. The maximum atomic E-state index is 13.1. The third-order valence-electron chi connectivity index (χ3n) is 4.29. The van der Waals surface area contributed by atoms with E-state index in [2.05, 4.69) is 15.4 Å². The average molecular weight is 330 g/mol. The van der Waals surface area contributed by atoms with Gasteiger partial charge in [-0.15, -0.1) is 5.10 Å². The Balaban J connectivity index is 1.60. The first-order valence-corrected chi connectivity index (χ1v) is 8.39. The molecule has 3 aromatic rings. The topological polar surface area (TPSA) is 59.3 Å². The quantitative estimate of drug-likeness (QED) is 0.802. The van der Waals surface area contributed by atoms with Crippen molar-refractivity contribution < 1.29 is 4.39 Å². The summed E-state index contributed by atoms with van der Waals surface area (Å²) in [4.78, 5) is 16.5. The first-order chi connectivity index (χ1) is 11.2. The highest BCUT2D eigenvalue weighted by atomic mass is 32.1. The van der Waals surface area contributed by atoms with E-state index in [4.69, 9.17) is 0 Å². The molecule has 0 amide bonds. The first kappa shape index (κ1) is 14.3. The van der Waals surface area contributed by atoms with Crippen LogP contribution in [0, 0.1) is 5.82 Å². The predicted octanol–water partition coefficient (Wildman–Crippen LogP) is 3.04. The lowest BCUT2D eigenvalue weighted by Gasteiger charge is -2.20. The van der Waals surface area contributed by atoms with Crippen molar-refractivity contribution in [3.63, 3.8) is 0 Å². The van der Waals surface area contributed by atoms with Crippen molar-refractivity contribution in [2.75, 3.05) is 5.32 Å². The van der Waals surface area contributed by atoms with Crippen LogP contribution in [0.1, 0.15) is 30.7 Å². The number of aromatic nitrogens is 3. The van der Waals surface area contributed by atoms with Gasteiger partial charge in [0.25, 0.3) is 5.56 Å². The molecular formula is C16H15FN4OS. The molecule has 2 unspecified atom stereocenters. The summed E-state index contributed by atoms with van der Waals surface area (Å²) in [6.45, 7) is 0. The van der Waals surface area contributed by atoms with Crippen molar-refractivity contribution >= 4 is 21.4 Å². The van der Waals surface area contributed by atoms with Crippen molar-refractivity contribution in [1.82, 2.24) is 14.6 Å². The summed E-state index contributed by atoms with van der Waals surface area (Å²) in [7, 11) is 0. The Hall–Kier alpha value is -2.28. The second-order valence-electron chi connectivity index (χ2n) is 5.72. The molecule has 5 nitrogen and oxygen atoms in total. The number of anilines is 1. The van der Waals surface area contributed by atoms with Gasteiger partial charge in [-0.05, 0) is 30.5 Å². The Bertz CT molecular complexity index is 889. The van der Waals surface area contributed by atoms with Crippen LogP contribution in [0.25, 0.3) is 4.96 Å². The highest BCUT2D eigenvalue weighted by Gasteiger charge is 2.29. The van der Waals surface area contributed by atoms with Crippen molar-refractivity contribution in [3.8, 4) is 0 Å². The summed E-state index contributed by atoms with van der Waals surface area (Å²) in [6.07, 6.45) is 4.70. The predicted molar refractivity (Wildman–Crippen MR) is 87.5 cm³/mol. The normalized spacial score (nSPS) is 20.9. The second-order valence-corrected chi connectivity index (χ2v) is 6.68. The minimum atomic E-state index is -0.215. The number of benzene rings is 1. The van der Waals surface area contributed by atoms with Gasteiger partial charge in [0.1, 0.15) is 5.82 Å². The number of fused-ring (bicyclic) bond motifs is 1. The van der Waals surface area contributed by atoms with E-state index in [1.54, 1.807) is 0 Å². The van der Waals surface area contributed by atoms with Gasteiger partial charge in [-0.2, -0.15) is 4.52 Å². The standard InChI is InChI=1S/C16H15FN4OS/c17-11-6-4-10(5-7-11)12-2-1-3-13(12)19-15-20-21-14(22)8-9-18-16(21)23-15/h4-9,12-13H,1-3H2,(H,19,20). The van der Waals surface area contributed by atoms with Gasteiger partial charge in [0.15, 0.2) is 0 Å². The number of halogens is 1. The van der Waals surface area contributed by atoms with Gasteiger partial charge in [0.2, 0.25) is 10.1 Å². The van der Waals surface area contributed by atoms with Crippen LogP contribution < -0.4 is 10.9 Å². The SMILES string of the molecule is O=c1ccnc2sc(NC3CCCC3c3ccc(F)cc3)nn12. The van der Waals surface area contributed by atoms with E-state index in [9.17, 15) is 9.18 Å². The maximum absolute atomic E-state index is 13.1. The van der Waals surface area contributed by atoms with Gasteiger partial charge in [-0.1, -0.05) is 29.9 Å². The molecular weight excluding hydrogens is 315 g/mol. The summed E-state index contributed by atoms with van der Waals surface area (Å²) in [5.41, 5.74) is 0.957. The third kappa shape index (κ3) is 2.72. The molecule has 23 heavy (non-hydrogen) atoms.